The summed E-state index contributed by atoms with van der Waals surface area (Å²) in [6.45, 7) is 1.93. The van der Waals surface area contributed by atoms with Crippen LogP contribution in [0.1, 0.15) is 17.3 Å². The van der Waals surface area contributed by atoms with Gasteiger partial charge in [-0.3, -0.25) is 0 Å². The van der Waals surface area contributed by atoms with E-state index in [4.69, 9.17) is 4.74 Å². The van der Waals surface area contributed by atoms with Crippen molar-refractivity contribution in [3.05, 3.63) is 28.2 Å². The van der Waals surface area contributed by atoms with Gasteiger partial charge in [-0.1, -0.05) is 0 Å². The van der Waals surface area contributed by atoms with E-state index in [1.807, 2.05) is 0 Å². The van der Waals surface area contributed by atoms with Crippen LogP contribution in [-0.4, -0.2) is 27.2 Å². The third-order valence-electron chi connectivity index (χ3n) is 1.86. The van der Waals surface area contributed by atoms with E-state index < -0.39 is 15.8 Å². The fraction of sp³-hybridized carbons (Fsp3) is 0.300. The molecule has 1 rings (SSSR count). The van der Waals surface area contributed by atoms with Crippen molar-refractivity contribution in [1.82, 2.24) is 0 Å². The number of hydrogen-bond donors (Lipinski definition) is 0. The van der Waals surface area contributed by atoms with Crippen molar-refractivity contribution >= 4 is 31.7 Å². The molecule has 0 spiro atoms. The fourth-order valence-corrected chi connectivity index (χ4v) is 2.16. The van der Waals surface area contributed by atoms with E-state index in [1.165, 1.54) is 18.2 Å². The number of carbonyl (C=O) groups excluding carboxylic acids is 1. The number of benzene rings is 1. The quantitative estimate of drug-likeness (QED) is 0.802. The SMILES string of the molecule is CCOC(=O)c1cc(S(C)(=O)=O)ccc1Br. The number of halogens is 1. The maximum Gasteiger partial charge on any atom is 0.339 e. The van der Waals surface area contributed by atoms with Gasteiger partial charge in [0.05, 0.1) is 17.1 Å². The van der Waals surface area contributed by atoms with Gasteiger partial charge in [0, 0.05) is 10.7 Å². The highest BCUT2D eigenvalue weighted by atomic mass is 79.9. The van der Waals surface area contributed by atoms with Crippen LogP contribution < -0.4 is 0 Å². The number of rotatable bonds is 3. The minimum absolute atomic E-state index is 0.0961. The lowest BCUT2D eigenvalue weighted by atomic mass is 10.2. The highest BCUT2D eigenvalue weighted by molar-refractivity contribution is 9.10. The monoisotopic (exact) mass is 306 g/mol. The number of esters is 1. The van der Waals surface area contributed by atoms with Crippen molar-refractivity contribution in [1.29, 1.82) is 0 Å². The standard InChI is InChI=1S/C10H11BrO4S/c1-3-15-10(12)8-6-7(16(2,13)14)4-5-9(8)11/h4-6H,3H2,1-2H3. The van der Waals surface area contributed by atoms with Crippen LogP contribution in [0.25, 0.3) is 0 Å². The average molecular weight is 307 g/mol. The molecule has 1 aromatic carbocycles. The number of ether oxygens (including phenoxy) is 1. The summed E-state index contributed by atoms with van der Waals surface area (Å²) in [5, 5.41) is 0. The molecule has 4 nitrogen and oxygen atoms in total. The van der Waals surface area contributed by atoms with E-state index >= 15 is 0 Å². The molecule has 0 heterocycles. The molecule has 0 aromatic heterocycles. The number of carbonyl (C=O) groups is 1. The molecule has 1 aromatic rings. The van der Waals surface area contributed by atoms with Gasteiger partial charge >= 0.3 is 5.97 Å². The van der Waals surface area contributed by atoms with Gasteiger partial charge in [0.25, 0.3) is 0 Å². The Morgan fingerprint density at radius 2 is 2.06 bits per heavy atom. The van der Waals surface area contributed by atoms with E-state index in [0.29, 0.717) is 4.47 Å². The highest BCUT2D eigenvalue weighted by Crippen LogP contribution is 2.21. The molecule has 16 heavy (non-hydrogen) atoms. The van der Waals surface area contributed by atoms with Crippen molar-refractivity contribution in [3.63, 3.8) is 0 Å². The predicted octanol–water partition coefficient (Wildman–Crippen LogP) is 2.03. The van der Waals surface area contributed by atoms with Gasteiger partial charge in [-0.15, -0.1) is 0 Å². The van der Waals surface area contributed by atoms with Crippen molar-refractivity contribution in [2.24, 2.45) is 0 Å². The molecule has 0 aliphatic carbocycles. The highest BCUT2D eigenvalue weighted by Gasteiger charge is 2.15. The molecule has 0 amide bonds. The Bertz CT molecular complexity index is 508. The molecule has 0 aliphatic heterocycles. The lowest BCUT2D eigenvalue weighted by Crippen LogP contribution is -2.07. The van der Waals surface area contributed by atoms with E-state index in [2.05, 4.69) is 15.9 Å². The lowest BCUT2D eigenvalue weighted by Gasteiger charge is -2.06. The van der Waals surface area contributed by atoms with Crippen molar-refractivity contribution in [2.45, 2.75) is 11.8 Å². The molecule has 88 valence electrons. The maximum absolute atomic E-state index is 11.5. The molecule has 0 radical (unpaired) electrons. The van der Waals surface area contributed by atoms with Gasteiger partial charge in [0.15, 0.2) is 9.84 Å². The summed E-state index contributed by atoms with van der Waals surface area (Å²) in [6, 6.07) is 4.25. The van der Waals surface area contributed by atoms with Crippen LogP contribution in [0.4, 0.5) is 0 Å². The molecule has 0 bridgehead atoms. The third kappa shape index (κ3) is 3.05. The first-order chi connectivity index (χ1) is 7.36. The zero-order valence-corrected chi connectivity index (χ0v) is 11.3. The van der Waals surface area contributed by atoms with E-state index in [0.717, 1.165) is 6.26 Å². The Morgan fingerprint density at radius 1 is 1.44 bits per heavy atom. The van der Waals surface area contributed by atoms with Crippen molar-refractivity contribution < 1.29 is 17.9 Å². The summed E-state index contributed by atoms with van der Waals surface area (Å²) in [4.78, 5) is 11.6. The van der Waals surface area contributed by atoms with Crippen LogP contribution >= 0.6 is 15.9 Å². The van der Waals surface area contributed by atoms with Gasteiger partial charge in [-0.2, -0.15) is 0 Å². The Balaban J connectivity index is 3.24. The van der Waals surface area contributed by atoms with Gasteiger partial charge < -0.3 is 4.74 Å². The zero-order valence-electron chi connectivity index (χ0n) is 8.86. The summed E-state index contributed by atoms with van der Waals surface area (Å²) in [5.41, 5.74) is 0.213. The van der Waals surface area contributed by atoms with Crippen LogP contribution in [0.5, 0.6) is 0 Å². The first kappa shape index (κ1) is 13.2. The minimum atomic E-state index is -3.32. The summed E-state index contributed by atoms with van der Waals surface area (Å²) < 4.78 is 27.9. The van der Waals surface area contributed by atoms with Gasteiger partial charge in [0.2, 0.25) is 0 Å². The van der Waals surface area contributed by atoms with Crippen LogP contribution in [0, 0.1) is 0 Å². The smallest absolute Gasteiger partial charge is 0.339 e. The molecule has 0 atom stereocenters. The van der Waals surface area contributed by atoms with Crippen LogP contribution in [0.2, 0.25) is 0 Å². The molecule has 0 aliphatic rings. The number of hydrogen-bond acceptors (Lipinski definition) is 4. The second-order valence-electron chi connectivity index (χ2n) is 3.13. The molecule has 0 fully saturated rings. The predicted molar refractivity (Wildman–Crippen MR) is 63.2 cm³/mol. The zero-order chi connectivity index (χ0) is 12.3. The fourth-order valence-electron chi connectivity index (χ4n) is 1.10. The molecule has 0 saturated heterocycles. The molecule has 0 saturated carbocycles. The van der Waals surface area contributed by atoms with Crippen LogP contribution in [0.3, 0.4) is 0 Å². The Labute approximate surface area is 103 Å². The average Bonchev–Trinajstić information content (AvgIpc) is 2.16. The van der Waals surface area contributed by atoms with Gasteiger partial charge in [-0.05, 0) is 41.1 Å². The van der Waals surface area contributed by atoms with Gasteiger partial charge in [0.1, 0.15) is 0 Å². The van der Waals surface area contributed by atoms with Crippen molar-refractivity contribution in [3.8, 4) is 0 Å². The molecular formula is C10H11BrO4S. The topological polar surface area (TPSA) is 60.4 Å². The Hall–Kier alpha value is -0.880. The van der Waals surface area contributed by atoms with Gasteiger partial charge in [-0.25, -0.2) is 13.2 Å². The molecule has 6 heteroatoms. The largest absolute Gasteiger partial charge is 0.462 e. The number of sulfone groups is 1. The molecular weight excluding hydrogens is 296 g/mol. The summed E-state index contributed by atoms with van der Waals surface area (Å²) in [5.74, 6) is -0.542. The lowest BCUT2D eigenvalue weighted by molar-refractivity contribution is 0.0525. The van der Waals surface area contributed by atoms with E-state index in [1.54, 1.807) is 6.92 Å². The minimum Gasteiger partial charge on any atom is -0.462 e. The van der Waals surface area contributed by atoms with Crippen molar-refractivity contribution in [2.75, 3.05) is 12.9 Å². The molecule has 0 unspecified atom stereocenters. The Morgan fingerprint density at radius 3 is 2.56 bits per heavy atom. The summed E-state index contributed by atoms with van der Waals surface area (Å²) in [6.07, 6.45) is 1.09. The summed E-state index contributed by atoms with van der Waals surface area (Å²) in [7, 11) is -3.32. The second kappa shape index (κ2) is 4.97. The first-order valence-electron chi connectivity index (χ1n) is 4.53. The van der Waals surface area contributed by atoms with E-state index in [-0.39, 0.29) is 17.1 Å². The molecule has 0 N–H and O–H groups in total. The normalized spacial score (nSPS) is 11.2. The third-order valence-corrected chi connectivity index (χ3v) is 3.66. The van der Waals surface area contributed by atoms with E-state index in [9.17, 15) is 13.2 Å². The first-order valence-corrected chi connectivity index (χ1v) is 7.21. The maximum atomic E-state index is 11.5. The Kier molecular flexibility index (Phi) is 4.09. The second-order valence-corrected chi connectivity index (χ2v) is 6.00. The van der Waals surface area contributed by atoms with Crippen LogP contribution in [-0.2, 0) is 14.6 Å². The summed E-state index contributed by atoms with van der Waals surface area (Å²) >= 11 is 3.17. The van der Waals surface area contributed by atoms with Crippen LogP contribution in [0.15, 0.2) is 27.6 Å².